The van der Waals surface area contributed by atoms with Gasteiger partial charge in [-0.05, 0) is 25.2 Å². The Morgan fingerprint density at radius 1 is 1.44 bits per heavy atom. The fourth-order valence-corrected chi connectivity index (χ4v) is 2.50. The van der Waals surface area contributed by atoms with Gasteiger partial charge in [-0.1, -0.05) is 29.5 Å². The summed E-state index contributed by atoms with van der Waals surface area (Å²) in [5, 5.41) is 0. The molecular weight excluding hydrogens is 230 g/mol. The number of rotatable bonds is 0. The highest BCUT2D eigenvalue weighted by atomic mass is 127. The molecule has 9 heavy (non-hydrogen) atoms. The summed E-state index contributed by atoms with van der Waals surface area (Å²) >= 11 is 2.22. The molecule has 0 aromatic carbocycles. The predicted octanol–water partition coefficient (Wildman–Crippen LogP) is 2.95. The Morgan fingerprint density at radius 2 is 2.11 bits per heavy atom. The van der Waals surface area contributed by atoms with Crippen LogP contribution in [0.2, 0.25) is 0 Å². The zero-order valence-corrected chi connectivity index (χ0v) is 7.77. The maximum atomic E-state index is 12.7. The lowest BCUT2D eigenvalue weighted by molar-refractivity contribution is 0.231. The molecule has 1 saturated carbocycles. The van der Waals surface area contributed by atoms with Crippen molar-refractivity contribution in [1.82, 2.24) is 0 Å². The predicted molar refractivity (Wildman–Crippen MR) is 45.7 cm³/mol. The van der Waals surface area contributed by atoms with Gasteiger partial charge in [0, 0.05) is 3.92 Å². The van der Waals surface area contributed by atoms with Crippen molar-refractivity contribution in [2.75, 3.05) is 0 Å². The molecule has 2 heteroatoms. The van der Waals surface area contributed by atoms with E-state index in [1.54, 1.807) is 0 Å². The van der Waals surface area contributed by atoms with Crippen molar-refractivity contribution < 1.29 is 4.39 Å². The van der Waals surface area contributed by atoms with Crippen LogP contribution in [-0.2, 0) is 0 Å². The van der Waals surface area contributed by atoms with Crippen molar-refractivity contribution in [3.05, 3.63) is 0 Å². The van der Waals surface area contributed by atoms with E-state index in [-0.39, 0.29) is 3.92 Å². The normalized spacial score (nSPS) is 45.0. The summed E-state index contributed by atoms with van der Waals surface area (Å²) in [6, 6.07) is 0. The molecule has 0 spiro atoms. The Hall–Kier alpha value is 0.660. The van der Waals surface area contributed by atoms with E-state index in [1.165, 1.54) is 0 Å². The van der Waals surface area contributed by atoms with Crippen LogP contribution in [0.3, 0.4) is 0 Å². The quantitative estimate of drug-likeness (QED) is 0.452. The van der Waals surface area contributed by atoms with E-state index in [2.05, 4.69) is 29.5 Å². The second-order valence-electron chi connectivity index (χ2n) is 2.95. The third kappa shape index (κ3) is 2.06. The molecule has 0 bridgehead atoms. The molecule has 0 N–H and O–H groups in total. The van der Waals surface area contributed by atoms with E-state index >= 15 is 0 Å². The fraction of sp³-hybridized carbons (Fsp3) is 1.00. The Bertz CT molecular complexity index is 94.9. The molecule has 1 aliphatic rings. The summed E-state index contributed by atoms with van der Waals surface area (Å²) in [5.41, 5.74) is 0. The van der Waals surface area contributed by atoms with E-state index in [0.717, 1.165) is 25.2 Å². The van der Waals surface area contributed by atoms with E-state index < -0.39 is 6.17 Å². The molecule has 0 aromatic rings. The van der Waals surface area contributed by atoms with Gasteiger partial charge in [0.25, 0.3) is 0 Å². The lowest BCUT2D eigenvalue weighted by Gasteiger charge is -2.25. The summed E-state index contributed by atoms with van der Waals surface area (Å²) in [7, 11) is 0. The number of halogens is 2. The third-order valence-corrected chi connectivity index (χ3v) is 3.24. The minimum Gasteiger partial charge on any atom is -0.246 e. The van der Waals surface area contributed by atoms with Gasteiger partial charge >= 0.3 is 0 Å². The van der Waals surface area contributed by atoms with Crippen molar-refractivity contribution in [1.29, 1.82) is 0 Å². The van der Waals surface area contributed by atoms with Crippen LogP contribution in [0.1, 0.15) is 26.2 Å². The number of hydrogen-bond acceptors (Lipinski definition) is 0. The van der Waals surface area contributed by atoms with Crippen molar-refractivity contribution in [2.45, 2.75) is 36.3 Å². The van der Waals surface area contributed by atoms with Crippen LogP contribution >= 0.6 is 22.6 Å². The summed E-state index contributed by atoms with van der Waals surface area (Å²) < 4.78 is 13.0. The van der Waals surface area contributed by atoms with Gasteiger partial charge in [0.15, 0.2) is 0 Å². The topological polar surface area (TPSA) is 0 Å². The van der Waals surface area contributed by atoms with E-state index in [9.17, 15) is 4.39 Å². The van der Waals surface area contributed by atoms with Gasteiger partial charge in [0.2, 0.25) is 0 Å². The highest BCUT2D eigenvalue weighted by molar-refractivity contribution is 14.1. The van der Waals surface area contributed by atoms with E-state index in [1.807, 2.05) is 0 Å². The molecule has 1 fully saturated rings. The Labute approximate surface area is 69.4 Å². The first-order valence-electron chi connectivity index (χ1n) is 3.48. The lowest BCUT2D eigenvalue weighted by atomic mass is 9.90. The van der Waals surface area contributed by atoms with Crippen molar-refractivity contribution >= 4 is 22.6 Å². The SMILES string of the molecule is CC1CCC(F)C(I)C1. The Morgan fingerprint density at radius 3 is 2.56 bits per heavy atom. The summed E-state index contributed by atoms with van der Waals surface area (Å²) in [5.74, 6) is 0.749. The van der Waals surface area contributed by atoms with Crippen LogP contribution in [0.15, 0.2) is 0 Å². The van der Waals surface area contributed by atoms with Gasteiger partial charge < -0.3 is 0 Å². The van der Waals surface area contributed by atoms with Crippen LogP contribution in [0.25, 0.3) is 0 Å². The van der Waals surface area contributed by atoms with Crippen LogP contribution in [0.4, 0.5) is 4.39 Å². The summed E-state index contributed by atoms with van der Waals surface area (Å²) in [4.78, 5) is 0. The average Bonchev–Trinajstić information content (AvgIpc) is 1.80. The zero-order chi connectivity index (χ0) is 6.85. The first kappa shape index (κ1) is 7.76. The molecule has 0 aliphatic heterocycles. The van der Waals surface area contributed by atoms with Gasteiger partial charge in [-0.15, -0.1) is 0 Å². The Balaban J connectivity index is 2.35. The molecule has 3 atom stereocenters. The first-order valence-corrected chi connectivity index (χ1v) is 4.73. The second kappa shape index (κ2) is 3.17. The molecule has 54 valence electrons. The van der Waals surface area contributed by atoms with Gasteiger partial charge in [0.1, 0.15) is 6.17 Å². The standard InChI is InChI=1S/C7H12FI/c1-5-2-3-6(8)7(9)4-5/h5-7H,2-4H2,1H3. The number of hydrogen-bond donors (Lipinski definition) is 0. The van der Waals surface area contributed by atoms with Crippen molar-refractivity contribution in [2.24, 2.45) is 5.92 Å². The lowest BCUT2D eigenvalue weighted by Crippen LogP contribution is -2.24. The fourth-order valence-electron chi connectivity index (χ4n) is 1.27. The smallest absolute Gasteiger partial charge is 0.112 e. The molecule has 0 aromatic heterocycles. The largest absolute Gasteiger partial charge is 0.246 e. The Kier molecular flexibility index (Phi) is 2.73. The molecule has 3 unspecified atom stereocenters. The first-order chi connectivity index (χ1) is 4.20. The third-order valence-electron chi connectivity index (χ3n) is 1.96. The van der Waals surface area contributed by atoms with Crippen molar-refractivity contribution in [3.63, 3.8) is 0 Å². The molecule has 0 saturated heterocycles. The summed E-state index contributed by atoms with van der Waals surface area (Å²) in [6.07, 6.45) is 2.42. The van der Waals surface area contributed by atoms with E-state index in [4.69, 9.17) is 0 Å². The maximum absolute atomic E-state index is 12.7. The molecule has 0 heterocycles. The number of alkyl halides is 2. The molecular formula is C7H12FI. The van der Waals surface area contributed by atoms with Crippen molar-refractivity contribution in [3.8, 4) is 0 Å². The minimum absolute atomic E-state index is 0.284. The van der Waals surface area contributed by atoms with E-state index in [0.29, 0.717) is 0 Å². The second-order valence-corrected chi connectivity index (χ2v) is 4.55. The molecule has 1 aliphatic carbocycles. The molecule has 0 radical (unpaired) electrons. The van der Waals surface area contributed by atoms with Crippen LogP contribution < -0.4 is 0 Å². The highest BCUT2D eigenvalue weighted by Gasteiger charge is 2.25. The molecule has 1 rings (SSSR count). The maximum Gasteiger partial charge on any atom is 0.112 e. The van der Waals surface area contributed by atoms with Gasteiger partial charge in [-0.3, -0.25) is 0 Å². The average molecular weight is 242 g/mol. The van der Waals surface area contributed by atoms with Crippen LogP contribution in [-0.4, -0.2) is 10.1 Å². The van der Waals surface area contributed by atoms with Crippen LogP contribution in [0, 0.1) is 5.92 Å². The van der Waals surface area contributed by atoms with Gasteiger partial charge in [-0.25, -0.2) is 4.39 Å². The molecule has 0 amide bonds. The van der Waals surface area contributed by atoms with Crippen LogP contribution in [0.5, 0.6) is 0 Å². The zero-order valence-electron chi connectivity index (χ0n) is 5.61. The summed E-state index contributed by atoms with van der Waals surface area (Å²) in [6.45, 7) is 2.21. The minimum atomic E-state index is -0.526. The monoisotopic (exact) mass is 242 g/mol. The highest BCUT2D eigenvalue weighted by Crippen LogP contribution is 2.30. The van der Waals surface area contributed by atoms with Gasteiger partial charge in [0.05, 0.1) is 0 Å². The van der Waals surface area contributed by atoms with Gasteiger partial charge in [-0.2, -0.15) is 0 Å². The molecule has 0 nitrogen and oxygen atoms in total.